The van der Waals surface area contributed by atoms with E-state index in [0.717, 1.165) is 107 Å². The fraction of sp³-hybridized carbons (Fsp3) is 0.229. The van der Waals surface area contributed by atoms with E-state index in [4.69, 9.17) is 50.5 Å². The van der Waals surface area contributed by atoms with E-state index in [1.54, 1.807) is 32.2 Å². The van der Waals surface area contributed by atoms with E-state index in [2.05, 4.69) is 75.1 Å². The Morgan fingerprint density at radius 2 is 0.990 bits per heavy atom. The molecule has 2 aliphatic rings. The number of anilines is 2. The largest absolute Gasteiger partial charge is 0.488 e. The number of carbonyl (C=O) groups is 4. The Balaban J connectivity index is 0.000000142. The highest BCUT2D eigenvalue weighted by Gasteiger charge is 2.28. The lowest BCUT2D eigenvalue weighted by molar-refractivity contribution is 0.0510. The molecule has 2 aliphatic heterocycles. The highest BCUT2D eigenvalue weighted by atomic mass is 35.5. The molecular formula is C70H72BClN12O13. The van der Waals surface area contributed by atoms with Gasteiger partial charge >= 0.3 is 25.0 Å². The first-order valence-corrected chi connectivity index (χ1v) is 31.3. The lowest BCUT2D eigenvalue weighted by atomic mass is 9.77. The third-order valence-electron chi connectivity index (χ3n) is 15.2. The average Bonchev–Trinajstić information content (AvgIpc) is 1.71. The van der Waals surface area contributed by atoms with Gasteiger partial charge in [-0.2, -0.15) is 4.98 Å². The predicted octanol–water partition coefficient (Wildman–Crippen LogP) is 10.5. The minimum Gasteiger partial charge on any atom is -0.476 e. The normalized spacial score (nSPS) is 13.7. The van der Waals surface area contributed by atoms with Crippen molar-refractivity contribution < 1.29 is 61.5 Å². The number of benzene rings is 4. The van der Waals surface area contributed by atoms with Gasteiger partial charge in [0, 0.05) is 92.1 Å². The molecular weight excluding hydrogens is 1260 g/mol. The molecule has 25 nitrogen and oxygen atoms in total. The number of aryl methyl sites for hydroxylation is 4. The zero-order chi connectivity index (χ0) is 69.0. The number of carboxylic acid groups (broad SMARTS) is 1. The quantitative estimate of drug-likeness (QED) is 0.0529. The zero-order valence-corrected chi connectivity index (χ0v) is 54.8. The molecule has 10 heterocycles. The maximum atomic E-state index is 12.7. The summed E-state index contributed by atoms with van der Waals surface area (Å²) in [5, 5.41) is 29.2. The number of oxazole rings is 4. The highest BCUT2D eigenvalue weighted by Crippen LogP contribution is 2.28. The van der Waals surface area contributed by atoms with Crippen LogP contribution >= 0.6 is 11.6 Å². The second-order valence-electron chi connectivity index (χ2n) is 22.0. The van der Waals surface area contributed by atoms with Gasteiger partial charge in [-0.25, -0.2) is 39.3 Å². The number of halogens is 1. The van der Waals surface area contributed by atoms with E-state index < -0.39 is 25.0 Å². The summed E-state index contributed by atoms with van der Waals surface area (Å²) in [7, 11) is -1.35. The molecule has 2 atom stereocenters. The summed E-state index contributed by atoms with van der Waals surface area (Å²) in [5.41, 5.74) is 15.8. The zero-order valence-electron chi connectivity index (χ0n) is 54.1. The molecule has 500 valence electrons. The number of nitrogens with zero attached hydrogens (tertiary/aromatic N) is 10. The Morgan fingerprint density at radius 1 is 0.557 bits per heavy atom. The topological polar surface area (TPSA) is 331 Å². The summed E-state index contributed by atoms with van der Waals surface area (Å²) in [4.78, 5) is 75.0. The molecule has 14 rings (SSSR count). The smallest absolute Gasteiger partial charge is 0.476 e. The number of aromatic carboxylic acids is 1. The number of rotatable bonds is 13. The number of carbonyl (C=O) groups excluding carboxylic acids is 3. The number of nitrogens with one attached hydrogen (secondary N) is 1. The fourth-order valence-corrected chi connectivity index (χ4v) is 10.4. The first-order valence-electron chi connectivity index (χ1n) is 30.9. The maximum absolute atomic E-state index is 12.7. The Morgan fingerprint density at radius 3 is 1.42 bits per heavy atom. The third-order valence-corrected chi connectivity index (χ3v) is 15.4. The Kier molecular flexibility index (Phi) is 24.4. The van der Waals surface area contributed by atoms with Crippen molar-refractivity contribution in [3.63, 3.8) is 0 Å². The fourth-order valence-electron chi connectivity index (χ4n) is 10.3. The van der Waals surface area contributed by atoms with Crippen molar-refractivity contribution in [1.82, 2.24) is 44.0 Å². The third kappa shape index (κ3) is 18.6. The number of amides is 1. The van der Waals surface area contributed by atoms with Crippen LogP contribution < -0.4 is 26.3 Å². The van der Waals surface area contributed by atoms with Crippen LogP contribution in [-0.4, -0.2) is 136 Å². The molecule has 4 aromatic carbocycles. The first kappa shape index (κ1) is 70.1. The summed E-state index contributed by atoms with van der Waals surface area (Å²) in [6.45, 7) is 15.3. The highest BCUT2D eigenvalue weighted by molar-refractivity contribution is 6.59. The van der Waals surface area contributed by atoms with E-state index in [0.29, 0.717) is 54.6 Å². The molecule has 27 heteroatoms. The number of hydrogen-bond donors (Lipinski definition) is 5. The summed E-state index contributed by atoms with van der Waals surface area (Å²) in [6, 6.07) is 38.7. The molecule has 12 aromatic rings. The van der Waals surface area contributed by atoms with Crippen LogP contribution in [0.4, 0.5) is 11.6 Å². The number of hydrogen-bond acceptors (Lipinski definition) is 21. The predicted molar refractivity (Wildman–Crippen MR) is 365 cm³/mol. The molecule has 97 heavy (non-hydrogen) atoms. The van der Waals surface area contributed by atoms with Crippen LogP contribution in [-0.2, 0) is 9.47 Å². The van der Waals surface area contributed by atoms with Gasteiger partial charge in [0.25, 0.3) is 11.3 Å². The van der Waals surface area contributed by atoms with Crippen molar-refractivity contribution in [1.29, 1.82) is 0 Å². The number of nitrogens with two attached hydrogens (primary N) is 1. The van der Waals surface area contributed by atoms with Gasteiger partial charge in [0.1, 0.15) is 25.1 Å². The number of fused-ring (bicyclic) bond motifs is 2. The summed E-state index contributed by atoms with van der Waals surface area (Å²) in [6.07, 6.45) is 18.5. The molecule has 8 aromatic heterocycles. The maximum Gasteiger partial charge on any atom is 0.488 e. The molecule has 0 unspecified atom stereocenters. The van der Waals surface area contributed by atoms with Crippen molar-refractivity contribution in [2.45, 2.75) is 66.5 Å². The van der Waals surface area contributed by atoms with E-state index in [1.807, 2.05) is 156 Å². The van der Waals surface area contributed by atoms with Crippen LogP contribution in [0.25, 0.3) is 45.4 Å². The summed E-state index contributed by atoms with van der Waals surface area (Å²) < 4.78 is 34.1. The number of aromatic nitrogens is 8. The second kappa shape index (κ2) is 33.8. The molecule has 0 bridgehead atoms. The SMILES string of the molecule is CCOC(=O)c1coc(-c2ccccc2C)n1.CCOC(=O)c1coc(Cl)n1.Cc1ccccc1-c1nc(C(=O)N[C@H]2CCN(c3nccn4cccc34)C2)co1.Cc1ccccc1-c1nc(C(=O)O)co1.Cc1ccccc1B(O)O.N[C@H]1CCN(c2nccn3cccc23)C1. The number of ether oxygens (including phenoxy) is 2. The van der Waals surface area contributed by atoms with Crippen molar-refractivity contribution in [2.24, 2.45) is 5.73 Å². The molecule has 0 spiro atoms. The average molecular weight is 1340 g/mol. The second-order valence-corrected chi connectivity index (χ2v) is 22.3. The van der Waals surface area contributed by atoms with Crippen molar-refractivity contribution in [3.8, 4) is 34.4 Å². The lowest BCUT2D eigenvalue weighted by Crippen LogP contribution is -2.37. The van der Waals surface area contributed by atoms with E-state index in [9.17, 15) is 19.2 Å². The molecule has 0 saturated carbocycles. The monoisotopic (exact) mass is 1330 g/mol. The summed E-state index contributed by atoms with van der Waals surface area (Å²) >= 11 is 5.32. The molecule has 6 N–H and O–H groups in total. The lowest BCUT2D eigenvalue weighted by Gasteiger charge is -2.18. The van der Waals surface area contributed by atoms with Gasteiger partial charge in [0.05, 0.1) is 24.2 Å². The van der Waals surface area contributed by atoms with Gasteiger partial charge in [-0.15, -0.1) is 0 Å². The van der Waals surface area contributed by atoms with Crippen LogP contribution in [0, 0.1) is 27.7 Å². The van der Waals surface area contributed by atoms with Gasteiger partial charge in [0.2, 0.25) is 17.7 Å². The van der Waals surface area contributed by atoms with Crippen molar-refractivity contribution in [3.05, 3.63) is 234 Å². The first-order chi connectivity index (χ1) is 46.9. The van der Waals surface area contributed by atoms with Crippen LogP contribution in [0.3, 0.4) is 0 Å². The van der Waals surface area contributed by atoms with E-state index in [1.165, 1.54) is 12.5 Å². The van der Waals surface area contributed by atoms with Crippen LogP contribution in [0.5, 0.6) is 0 Å². The van der Waals surface area contributed by atoms with Gasteiger partial charge in [0.15, 0.2) is 34.4 Å². The molecule has 1 amide bonds. The van der Waals surface area contributed by atoms with Gasteiger partial charge in [-0.05, 0) is 131 Å². The van der Waals surface area contributed by atoms with Gasteiger partial charge in [-0.3, -0.25) is 4.79 Å². The minimum absolute atomic E-state index is 0.0399. The van der Waals surface area contributed by atoms with E-state index >= 15 is 0 Å². The number of esters is 2. The van der Waals surface area contributed by atoms with Crippen molar-refractivity contribution >= 4 is 70.7 Å². The van der Waals surface area contributed by atoms with Crippen LogP contribution in [0.15, 0.2) is 201 Å². The Bertz CT molecular complexity index is 4580. The van der Waals surface area contributed by atoms with E-state index in [-0.39, 0.29) is 34.4 Å². The Labute approximate surface area is 563 Å². The minimum atomic E-state index is -1.35. The Hall–Kier alpha value is -11.2. The number of carboxylic acids is 1. The molecule has 2 saturated heterocycles. The standard InChI is InChI=1S/C22H21N5O2.C13H13NO3.C11H14N4.C11H9NO3.C7H9BO2.C6H6ClNO3/c1-15-5-2-3-6-17(15)22-25-18(14-29-22)21(28)24-16-8-11-27(13-16)20-19-7-4-10-26(19)12-9-23-20;1-3-16-13(15)11-8-17-12(14-11)10-7-5-4-6-9(10)2;12-9-3-6-15(8-9)11-10-2-1-5-14(10)7-4-13-11;1-7-4-2-3-5-8(7)10-12-9(6-15-10)11(13)14;1-6-4-2-3-5-7(6)8(9)10;1-2-10-5(9)4-3-11-6(7)8-4/h2-7,9-10,12,14,16H,8,11,13H2,1H3,(H,24,28);4-8H,3H2,1-2H3;1-2,4-5,7,9H,3,6,8,12H2;2-6H,1H3,(H,13,14);2-5,9-10H,1H3;3H,2H2,1H3/t16-;;9-;;;/m0.0.../s1. The molecule has 0 aliphatic carbocycles. The molecule has 0 radical (unpaired) electrons. The van der Waals surface area contributed by atoms with Crippen molar-refractivity contribution in [2.75, 3.05) is 49.2 Å². The van der Waals surface area contributed by atoms with Crippen LogP contribution in [0.1, 0.15) is 90.9 Å². The summed E-state index contributed by atoms with van der Waals surface area (Å²) in [5.74, 6) is 0.946. The van der Waals surface area contributed by atoms with Crippen LogP contribution in [0.2, 0.25) is 5.35 Å². The van der Waals surface area contributed by atoms with Gasteiger partial charge in [-0.1, -0.05) is 84.4 Å². The molecule has 2 fully saturated rings. The van der Waals surface area contributed by atoms with Gasteiger partial charge < -0.3 is 71.9 Å².